The van der Waals surface area contributed by atoms with Gasteiger partial charge in [-0.3, -0.25) is 4.79 Å². The molecular weight excluding hydrogens is 319 g/mol. The van der Waals surface area contributed by atoms with Crippen LogP contribution < -0.4 is 0 Å². The Morgan fingerprint density at radius 3 is 2.88 bits per heavy atom. The van der Waals surface area contributed by atoms with Gasteiger partial charge in [0.2, 0.25) is 0 Å². The predicted octanol–water partition coefficient (Wildman–Crippen LogP) is 3.20. The number of hydrogen-bond acceptors (Lipinski definition) is 3. The van der Waals surface area contributed by atoms with Crippen molar-refractivity contribution >= 4 is 5.91 Å². The first-order chi connectivity index (χ1) is 12.1. The number of carbonyl (C=O) groups excluding carboxylic acids is 1. The third-order valence-electron chi connectivity index (χ3n) is 4.34. The van der Waals surface area contributed by atoms with Crippen molar-refractivity contribution in [2.75, 3.05) is 0 Å². The van der Waals surface area contributed by atoms with Crippen molar-refractivity contribution in [3.63, 3.8) is 0 Å². The van der Waals surface area contributed by atoms with Gasteiger partial charge >= 0.3 is 0 Å². The molecule has 6 heteroatoms. The molecule has 5 nitrogen and oxygen atoms in total. The van der Waals surface area contributed by atoms with E-state index < -0.39 is 0 Å². The van der Waals surface area contributed by atoms with Crippen LogP contribution in [0.2, 0.25) is 0 Å². The molecule has 0 saturated carbocycles. The Hall–Kier alpha value is -2.76. The van der Waals surface area contributed by atoms with E-state index in [1.54, 1.807) is 23.0 Å². The van der Waals surface area contributed by atoms with Crippen molar-refractivity contribution in [2.45, 2.75) is 38.4 Å². The normalized spacial score (nSPS) is 19.8. The van der Waals surface area contributed by atoms with Crippen LogP contribution in [-0.2, 0) is 6.54 Å². The van der Waals surface area contributed by atoms with Crippen molar-refractivity contribution in [2.24, 2.45) is 0 Å². The molecule has 1 aliphatic rings. The van der Waals surface area contributed by atoms with Gasteiger partial charge in [0.05, 0.1) is 12.7 Å². The van der Waals surface area contributed by atoms with Gasteiger partial charge in [-0.05, 0) is 37.5 Å². The van der Waals surface area contributed by atoms with Crippen molar-refractivity contribution in [1.29, 1.82) is 0 Å². The molecule has 2 atom stereocenters. The van der Waals surface area contributed by atoms with Gasteiger partial charge in [0.15, 0.2) is 5.69 Å². The molecular formula is C19H21FN4O. The quantitative estimate of drug-likeness (QED) is 0.786. The molecule has 2 aromatic rings. The molecule has 1 aromatic carbocycles. The van der Waals surface area contributed by atoms with Crippen LogP contribution in [0.15, 0.2) is 55.3 Å². The number of nitrogens with zero attached hydrogens (tertiary/aromatic N) is 4. The van der Waals surface area contributed by atoms with E-state index in [2.05, 4.69) is 23.0 Å². The fourth-order valence-corrected chi connectivity index (χ4v) is 3.11. The van der Waals surface area contributed by atoms with E-state index >= 15 is 0 Å². The Morgan fingerprint density at radius 1 is 1.40 bits per heavy atom. The van der Waals surface area contributed by atoms with Crippen molar-refractivity contribution in [1.82, 2.24) is 19.9 Å². The Morgan fingerprint density at radius 2 is 2.16 bits per heavy atom. The molecule has 0 aliphatic carbocycles. The monoisotopic (exact) mass is 340 g/mol. The first kappa shape index (κ1) is 17.1. The van der Waals surface area contributed by atoms with Crippen LogP contribution in [0.1, 0.15) is 35.8 Å². The second-order valence-corrected chi connectivity index (χ2v) is 6.22. The summed E-state index contributed by atoms with van der Waals surface area (Å²) in [5.41, 5.74) is 1.21. The molecule has 1 aromatic heterocycles. The van der Waals surface area contributed by atoms with E-state index in [-0.39, 0.29) is 23.8 Å². The van der Waals surface area contributed by atoms with Gasteiger partial charge in [-0.1, -0.05) is 35.6 Å². The minimum atomic E-state index is -0.279. The van der Waals surface area contributed by atoms with Crippen LogP contribution in [-0.4, -0.2) is 37.9 Å². The highest BCUT2D eigenvalue weighted by molar-refractivity contribution is 5.92. The lowest BCUT2D eigenvalue weighted by Crippen LogP contribution is -2.47. The lowest BCUT2D eigenvalue weighted by Gasteiger charge is -2.36. The van der Waals surface area contributed by atoms with Crippen LogP contribution in [0.4, 0.5) is 4.39 Å². The maximum absolute atomic E-state index is 13.0. The summed E-state index contributed by atoms with van der Waals surface area (Å²) in [5.74, 6) is -0.410. The zero-order valence-electron chi connectivity index (χ0n) is 14.2. The fraction of sp³-hybridized carbons (Fsp3) is 0.316. The standard InChI is InChI=1S/C19H21FN4O/c1-3-5-17-7-4-6-14(2)24(17)19(25)18-13-23(22-21-18)12-15-8-10-16(20)11-9-15/h3-4,6,8-11,13-14,17H,1,5,7,12H2,2H3/t14-,17-/m1/s1. The van der Waals surface area contributed by atoms with Gasteiger partial charge in [-0.2, -0.15) is 0 Å². The highest BCUT2D eigenvalue weighted by Crippen LogP contribution is 2.22. The predicted molar refractivity (Wildman–Crippen MR) is 93.5 cm³/mol. The Balaban J connectivity index is 1.76. The van der Waals surface area contributed by atoms with Crippen LogP contribution in [0, 0.1) is 5.82 Å². The third kappa shape index (κ3) is 3.84. The lowest BCUT2D eigenvalue weighted by atomic mass is 10.00. The van der Waals surface area contributed by atoms with E-state index in [4.69, 9.17) is 0 Å². The van der Waals surface area contributed by atoms with Gasteiger partial charge in [0, 0.05) is 12.1 Å². The van der Waals surface area contributed by atoms with Gasteiger partial charge < -0.3 is 4.90 Å². The van der Waals surface area contributed by atoms with Gasteiger partial charge in [0.1, 0.15) is 5.82 Å². The van der Waals surface area contributed by atoms with Crippen LogP contribution in [0.3, 0.4) is 0 Å². The van der Waals surface area contributed by atoms with Crippen LogP contribution in [0.5, 0.6) is 0 Å². The highest BCUT2D eigenvalue weighted by Gasteiger charge is 2.30. The topological polar surface area (TPSA) is 51.0 Å². The van der Waals surface area contributed by atoms with Crippen molar-refractivity contribution < 1.29 is 9.18 Å². The van der Waals surface area contributed by atoms with Crippen molar-refractivity contribution in [3.8, 4) is 0 Å². The molecule has 0 radical (unpaired) electrons. The zero-order valence-corrected chi connectivity index (χ0v) is 14.2. The molecule has 130 valence electrons. The molecule has 0 spiro atoms. The number of carbonyl (C=O) groups is 1. The molecule has 0 fully saturated rings. The number of benzene rings is 1. The summed E-state index contributed by atoms with van der Waals surface area (Å²) in [7, 11) is 0. The largest absolute Gasteiger partial charge is 0.327 e. The number of aromatic nitrogens is 3. The minimum absolute atomic E-state index is 0.00782. The number of rotatable bonds is 5. The molecule has 3 rings (SSSR count). The molecule has 0 unspecified atom stereocenters. The summed E-state index contributed by atoms with van der Waals surface area (Å²) in [6.07, 6.45) is 9.16. The first-order valence-electron chi connectivity index (χ1n) is 8.33. The second kappa shape index (κ2) is 7.42. The lowest BCUT2D eigenvalue weighted by molar-refractivity contribution is 0.0616. The third-order valence-corrected chi connectivity index (χ3v) is 4.34. The summed E-state index contributed by atoms with van der Waals surface area (Å²) >= 11 is 0. The Labute approximate surface area is 146 Å². The zero-order chi connectivity index (χ0) is 17.8. The smallest absolute Gasteiger partial charge is 0.276 e. The fourth-order valence-electron chi connectivity index (χ4n) is 3.11. The maximum atomic E-state index is 13.0. The maximum Gasteiger partial charge on any atom is 0.276 e. The summed E-state index contributed by atoms with van der Waals surface area (Å²) in [5, 5.41) is 8.06. The summed E-state index contributed by atoms with van der Waals surface area (Å²) in [6.45, 7) is 6.21. The van der Waals surface area contributed by atoms with E-state index in [1.165, 1.54) is 12.1 Å². The van der Waals surface area contributed by atoms with Gasteiger partial charge in [0.25, 0.3) is 5.91 Å². The van der Waals surface area contributed by atoms with Crippen LogP contribution >= 0.6 is 0 Å². The highest BCUT2D eigenvalue weighted by atomic mass is 19.1. The molecule has 1 amide bonds. The van der Waals surface area contributed by atoms with Crippen LogP contribution in [0.25, 0.3) is 0 Å². The average Bonchev–Trinajstić information content (AvgIpc) is 3.05. The number of halogens is 1. The summed E-state index contributed by atoms with van der Waals surface area (Å²) in [4.78, 5) is 14.7. The van der Waals surface area contributed by atoms with E-state index in [9.17, 15) is 9.18 Å². The molecule has 0 saturated heterocycles. The Kier molecular flexibility index (Phi) is 5.07. The molecule has 0 N–H and O–H groups in total. The SMILES string of the molecule is C=CC[C@@H]1CC=C[C@@H](C)N1C(=O)c1cn(Cc2ccc(F)cc2)nn1. The summed E-state index contributed by atoms with van der Waals surface area (Å²) in [6, 6.07) is 6.28. The summed E-state index contributed by atoms with van der Waals surface area (Å²) < 4.78 is 14.6. The first-order valence-corrected chi connectivity index (χ1v) is 8.33. The minimum Gasteiger partial charge on any atom is -0.327 e. The van der Waals surface area contributed by atoms with E-state index in [0.717, 1.165) is 18.4 Å². The molecule has 2 heterocycles. The molecule has 1 aliphatic heterocycles. The van der Waals surface area contributed by atoms with Crippen molar-refractivity contribution in [3.05, 3.63) is 72.3 Å². The van der Waals surface area contributed by atoms with E-state index in [1.807, 2.05) is 24.0 Å². The van der Waals surface area contributed by atoms with E-state index in [0.29, 0.717) is 12.2 Å². The molecule has 25 heavy (non-hydrogen) atoms. The van der Waals surface area contributed by atoms with Gasteiger partial charge in [-0.25, -0.2) is 9.07 Å². The number of hydrogen-bond donors (Lipinski definition) is 0. The molecule has 0 bridgehead atoms. The average molecular weight is 340 g/mol. The van der Waals surface area contributed by atoms with Gasteiger partial charge in [-0.15, -0.1) is 11.7 Å². The Bertz CT molecular complexity index is 781. The number of amides is 1. The second-order valence-electron chi connectivity index (χ2n) is 6.22.